The molecule has 0 aliphatic carbocycles. The summed E-state index contributed by atoms with van der Waals surface area (Å²) in [7, 11) is 0. The molecule has 8 heteroatoms. The van der Waals surface area contributed by atoms with Gasteiger partial charge in [0.2, 0.25) is 0 Å². The van der Waals surface area contributed by atoms with Crippen LogP contribution in [-0.4, -0.2) is 19.7 Å². The van der Waals surface area contributed by atoms with Gasteiger partial charge < -0.3 is 0 Å². The van der Waals surface area contributed by atoms with Gasteiger partial charge in [0.05, 0.1) is 16.9 Å². The van der Waals surface area contributed by atoms with E-state index in [0.29, 0.717) is 11.2 Å². The second-order valence-corrected chi connectivity index (χ2v) is 4.51. The van der Waals surface area contributed by atoms with E-state index < -0.39 is 17.3 Å². The van der Waals surface area contributed by atoms with Gasteiger partial charge in [-0.05, 0) is 25.1 Å². The minimum absolute atomic E-state index is 0.0879. The Morgan fingerprint density at radius 3 is 2.71 bits per heavy atom. The third-order valence-electron chi connectivity index (χ3n) is 3.09. The smallest absolute Gasteiger partial charge is 0.280 e. The molecule has 2 aromatic heterocycles. The fourth-order valence-corrected chi connectivity index (χ4v) is 2.03. The van der Waals surface area contributed by atoms with Crippen molar-refractivity contribution >= 4 is 11.0 Å². The summed E-state index contributed by atoms with van der Waals surface area (Å²) >= 11 is 0. The maximum absolute atomic E-state index is 12.7. The zero-order chi connectivity index (χ0) is 15.2. The Balaban J connectivity index is 2.22. The van der Waals surface area contributed by atoms with E-state index in [0.717, 1.165) is 16.7 Å². The standard InChI is InChI=1S/C13H9F3N4O/c1-7-10-11(19-18-7)12(21)20(6-17-10)9-4-2-3-8(5-9)13(14,15)16/h2-6H,1H3,(H,18,19). The van der Waals surface area contributed by atoms with Crippen LogP contribution in [0.1, 0.15) is 11.3 Å². The van der Waals surface area contributed by atoms with Crippen molar-refractivity contribution in [2.24, 2.45) is 0 Å². The Hall–Kier alpha value is -2.64. The Bertz CT molecular complexity index is 879. The third kappa shape index (κ3) is 2.18. The molecule has 0 spiro atoms. The lowest BCUT2D eigenvalue weighted by Gasteiger charge is -2.09. The number of nitrogens with zero attached hydrogens (tertiary/aromatic N) is 3. The molecule has 108 valence electrons. The number of aromatic nitrogens is 4. The van der Waals surface area contributed by atoms with E-state index in [2.05, 4.69) is 15.2 Å². The van der Waals surface area contributed by atoms with E-state index in [1.807, 2.05) is 0 Å². The quantitative estimate of drug-likeness (QED) is 0.749. The monoisotopic (exact) mass is 294 g/mol. The molecule has 0 radical (unpaired) electrons. The highest BCUT2D eigenvalue weighted by Gasteiger charge is 2.30. The highest BCUT2D eigenvalue weighted by atomic mass is 19.4. The maximum Gasteiger partial charge on any atom is 0.416 e. The van der Waals surface area contributed by atoms with Gasteiger partial charge in [-0.1, -0.05) is 6.07 Å². The van der Waals surface area contributed by atoms with Crippen molar-refractivity contribution < 1.29 is 13.2 Å². The molecule has 0 atom stereocenters. The molecule has 2 heterocycles. The zero-order valence-electron chi connectivity index (χ0n) is 10.8. The second kappa shape index (κ2) is 4.44. The first-order chi connectivity index (χ1) is 9.88. The molecular formula is C13H9F3N4O. The van der Waals surface area contributed by atoms with E-state index >= 15 is 0 Å². The van der Waals surface area contributed by atoms with Crippen LogP contribution in [0.25, 0.3) is 16.7 Å². The molecule has 0 amide bonds. The predicted octanol–water partition coefficient (Wildman–Crippen LogP) is 2.44. The first-order valence-electron chi connectivity index (χ1n) is 5.98. The maximum atomic E-state index is 12.7. The Morgan fingerprint density at radius 1 is 1.24 bits per heavy atom. The highest BCUT2D eigenvalue weighted by Crippen LogP contribution is 2.30. The average molecular weight is 294 g/mol. The van der Waals surface area contributed by atoms with E-state index in [1.54, 1.807) is 6.92 Å². The molecule has 0 bridgehead atoms. The predicted molar refractivity (Wildman–Crippen MR) is 69.2 cm³/mol. The largest absolute Gasteiger partial charge is 0.416 e. The van der Waals surface area contributed by atoms with Gasteiger partial charge in [-0.2, -0.15) is 18.3 Å². The van der Waals surface area contributed by atoms with Crippen LogP contribution in [0.5, 0.6) is 0 Å². The van der Waals surface area contributed by atoms with Crippen LogP contribution in [0.3, 0.4) is 0 Å². The number of aromatic amines is 1. The lowest BCUT2D eigenvalue weighted by Crippen LogP contribution is -2.19. The minimum atomic E-state index is -4.47. The summed E-state index contributed by atoms with van der Waals surface area (Å²) < 4.78 is 39.2. The average Bonchev–Trinajstić information content (AvgIpc) is 2.81. The van der Waals surface area contributed by atoms with E-state index in [4.69, 9.17) is 0 Å². The minimum Gasteiger partial charge on any atom is -0.280 e. The first kappa shape index (κ1) is 13.3. The second-order valence-electron chi connectivity index (χ2n) is 4.51. The summed E-state index contributed by atoms with van der Waals surface area (Å²) in [4.78, 5) is 16.3. The third-order valence-corrected chi connectivity index (χ3v) is 3.09. The zero-order valence-corrected chi connectivity index (χ0v) is 10.8. The lowest BCUT2D eigenvalue weighted by atomic mass is 10.2. The number of fused-ring (bicyclic) bond motifs is 1. The van der Waals surface area contributed by atoms with Crippen molar-refractivity contribution in [3.63, 3.8) is 0 Å². The normalized spacial score (nSPS) is 12.0. The number of nitrogens with one attached hydrogen (secondary N) is 1. The summed E-state index contributed by atoms with van der Waals surface area (Å²) in [6, 6.07) is 4.49. The molecule has 0 unspecified atom stereocenters. The van der Waals surface area contributed by atoms with Gasteiger partial charge in [-0.25, -0.2) is 4.98 Å². The van der Waals surface area contributed by atoms with Crippen molar-refractivity contribution in [3.8, 4) is 5.69 Å². The SMILES string of the molecule is Cc1[nH]nc2c(=O)n(-c3cccc(C(F)(F)F)c3)cnc12. The first-order valence-corrected chi connectivity index (χ1v) is 5.98. The molecule has 5 nitrogen and oxygen atoms in total. The Morgan fingerprint density at radius 2 is 2.00 bits per heavy atom. The molecule has 0 saturated carbocycles. The molecule has 1 aromatic carbocycles. The van der Waals surface area contributed by atoms with Gasteiger partial charge in [0, 0.05) is 0 Å². The Labute approximate surface area is 116 Å². The van der Waals surface area contributed by atoms with Gasteiger partial charge in [0.25, 0.3) is 5.56 Å². The van der Waals surface area contributed by atoms with Crippen LogP contribution in [0, 0.1) is 6.92 Å². The van der Waals surface area contributed by atoms with Crippen LogP contribution in [0.15, 0.2) is 35.4 Å². The number of rotatable bonds is 1. The molecule has 0 aliphatic heterocycles. The molecule has 3 rings (SSSR count). The van der Waals surface area contributed by atoms with Crippen molar-refractivity contribution in [3.05, 3.63) is 52.2 Å². The number of halogens is 3. The van der Waals surface area contributed by atoms with Crippen molar-refractivity contribution in [2.45, 2.75) is 13.1 Å². The van der Waals surface area contributed by atoms with Crippen LogP contribution in [0.4, 0.5) is 13.2 Å². The summed E-state index contributed by atoms with van der Waals surface area (Å²) in [5, 5.41) is 6.46. The van der Waals surface area contributed by atoms with Gasteiger partial charge in [-0.3, -0.25) is 14.5 Å². The van der Waals surface area contributed by atoms with Crippen LogP contribution in [-0.2, 0) is 6.18 Å². The van der Waals surface area contributed by atoms with Crippen LogP contribution in [0.2, 0.25) is 0 Å². The van der Waals surface area contributed by atoms with E-state index in [9.17, 15) is 18.0 Å². The molecule has 21 heavy (non-hydrogen) atoms. The van der Waals surface area contributed by atoms with Crippen LogP contribution < -0.4 is 5.56 Å². The summed E-state index contributed by atoms with van der Waals surface area (Å²) in [6.45, 7) is 1.70. The molecule has 0 fully saturated rings. The number of hydrogen-bond acceptors (Lipinski definition) is 3. The Kier molecular flexibility index (Phi) is 2.82. The van der Waals surface area contributed by atoms with Gasteiger partial charge in [0.1, 0.15) is 11.8 Å². The number of aryl methyl sites for hydroxylation is 1. The van der Waals surface area contributed by atoms with Gasteiger partial charge >= 0.3 is 6.18 Å². The summed E-state index contributed by atoms with van der Waals surface area (Å²) in [5.41, 5.74) is -0.146. The van der Waals surface area contributed by atoms with Crippen molar-refractivity contribution in [1.82, 2.24) is 19.7 Å². The fraction of sp³-hybridized carbons (Fsp3) is 0.154. The lowest BCUT2D eigenvalue weighted by molar-refractivity contribution is -0.137. The number of hydrogen-bond donors (Lipinski definition) is 1. The molecule has 3 aromatic rings. The molecule has 0 saturated heterocycles. The molecule has 1 N–H and O–H groups in total. The molecular weight excluding hydrogens is 285 g/mol. The van der Waals surface area contributed by atoms with Gasteiger partial charge in [-0.15, -0.1) is 0 Å². The number of alkyl halides is 3. The summed E-state index contributed by atoms with van der Waals surface area (Å²) in [5.74, 6) is 0. The summed E-state index contributed by atoms with van der Waals surface area (Å²) in [6.07, 6.45) is -3.28. The molecule has 0 aliphatic rings. The van der Waals surface area contributed by atoms with E-state index in [-0.39, 0.29) is 11.2 Å². The number of H-pyrrole nitrogens is 1. The topological polar surface area (TPSA) is 63.6 Å². The van der Waals surface area contributed by atoms with Crippen molar-refractivity contribution in [1.29, 1.82) is 0 Å². The van der Waals surface area contributed by atoms with E-state index in [1.165, 1.54) is 18.5 Å². The highest BCUT2D eigenvalue weighted by molar-refractivity contribution is 5.75. The fourth-order valence-electron chi connectivity index (χ4n) is 2.03. The number of benzene rings is 1. The van der Waals surface area contributed by atoms with Gasteiger partial charge in [0.15, 0.2) is 5.52 Å². The van der Waals surface area contributed by atoms with Crippen molar-refractivity contribution in [2.75, 3.05) is 0 Å². The van der Waals surface area contributed by atoms with Crippen LogP contribution >= 0.6 is 0 Å².